The van der Waals surface area contributed by atoms with Gasteiger partial charge in [0.15, 0.2) is 0 Å². The van der Waals surface area contributed by atoms with Gasteiger partial charge >= 0.3 is 12.1 Å². The van der Waals surface area contributed by atoms with Crippen LogP contribution in [0.3, 0.4) is 0 Å². The molecular formula is C23H26F3NO4. The van der Waals surface area contributed by atoms with Crippen molar-refractivity contribution >= 4 is 11.7 Å². The number of carbonyl (C=O) groups is 1. The first kappa shape index (κ1) is 22.8. The lowest BCUT2D eigenvalue weighted by molar-refractivity contribution is -0.139. The molecule has 3 rings (SSSR count). The minimum absolute atomic E-state index is 0.0129. The number of benzene rings is 2. The van der Waals surface area contributed by atoms with Gasteiger partial charge in [-0.25, -0.2) is 0 Å². The zero-order valence-corrected chi connectivity index (χ0v) is 18.2. The van der Waals surface area contributed by atoms with Crippen molar-refractivity contribution in [2.45, 2.75) is 59.2 Å². The summed E-state index contributed by atoms with van der Waals surface area (Å²) < 4.78 is 57.3. The van der Waals surface area contributed by atoms with Crippen LogP contribution in [-0.4, -0.2) is 18.2 Å². The predicted octanol–water partition coefficient (Wildman–Crippen LogP) is 5.30. The van der Waals surface area contributed by atoms with Gasteiger partial charge < -0.3 is 19.9 Å². The molecule has 5 nitrogen and oxygen atoms in total. The van der Waals surface area contributed by atoms with Crippen molar-refractivity contribution in [3.63, 3.8) is 0 Å². The zero-order chi connectivity index (χ0) is 23.1. The average molecular weight is 437 g/mol. The van der Waals surface area contributed by atoms with Gasteiger partial charge in [-0.05, 0) is 75.4 Å². The number of alkyl halides is 3. The van der Waals surface area contributed by atoms with E-state index in [2.05, 4.69) is 0 Å². The van der Waals surface area contributed by atoms with Crippen LogP contribution >= 0.6 is 0 Å². The lowest BCUT2D eigenvalue weighted by Gasteiger charge is -2.38. The molecule has 0 spiro atoms. The summed E-state index contributed by atoms with van der Waals surface area (Å²) in [5.74, 6) is 0.511. The Morgan fingerprint density at radius 2 is 1.87 bits per heavy atom. The van der Waals surface area contributed by atoms with E-state index in [1.807, 2.05) is 27.7 Å². The highest BCUT2D eigenvalue weighted by Crippen LogP contribution is 2.44. The highest BCUT2D eigenvalue weighted by molar-refractivity contribution is 5.72. The highest BCUT2D eigenvalue weighted by atomic mass is 19.4. The normalized spacial score (nSPS) is 18.2. The molecule has 0 radical (unpaired) electrons. The highest BCUT2D eigenvalue weighted by Gasteiger charge is 2.38. The van der Waals surface area contributed by atoms with E-state index in [0.717, 1.165) is 28.3 Å². The summed E-state index contributed by atoms with van der Waals surface area (Å²) in [7, 11) is 0. The summed E-state index contributed by atoms with van der Waals surface area (Å²) in [6.45, 7) is 8.68. The van der Waals surface area contributed by atoms with Gasteiger partial charge in [-0.15, -0.1) is 0 Å². The number of hydrogen-bond donors (Lipinski definition) is 1. The maximum absolute atomic E-state index is 13.4. The zero-order valence-electron chi connectivity index (χ0n) is 18.2. The second-order valence-electron chi connectivity index (χ2n) is 8.20. The molecule has 0 bridgehead atoms. The minimum atomic E-state index is -4.58. The van der Waals surface area contributed by atoms with E-state index in [4.69, 9.17) is 19.9 Å². The molecule has 2 N–H and O–H groups in total. The number of fused-ring (bicyclic) bond motifs is 1. The number of nitrogen functional groups attached to an aromatic ring is 1. The van der Waals surface area contributed by atoms with Crippen LogP contribution in [-0.2, 0) is 17.4 Å². The van der Waals surface area contributed by atoms with E-state index >= 15 is 0 Å². The molecule has 1 aliphatic heterocycles. The number of halogens is 3. The molecule has 31 heavy (non-hydrogen) atoms. The number of hydrogen-bond acceptors (Lipinski definition) is 5. The smallest absolute Gasteiger partial charge is 0.420 e. The molecule has 0 saturated carbocycles. The topological polar surface area (TPSA) is 70.8 Å². The van der Waals surface area contributed by atoms with Crippen molar-refractivity contribution in [2.75, 3.05) is 12.3 Å². The van der Waals surface area contributed by atoms with Crippen molar-refractivity contribution in [3.05, 3.63) is 46.0 Å². The minimum Gasteiger partial charge on any atom is -0.489 e. The van der Waals surface area contributed by atoms with Gasteiger partial charge in [0.05, 0.1) is 5.56 Å². The van der Waals surface area contributed by atoms with Gasteiger partial charge in [-0.1, -0.05) is 0 Å². The van der Waals surface area contributed by atoms with Crippen LogP contribution in [0.1, 0.15) is 48.1 Å². The molecule has 1 atom stereocenters. The molecule has 0 saturated heterocycles. The molecule has 168 valence electrons. The Morgan fingerprint density at radius 1 is 1.19 bits per heavy atom. The Hall–Kier alpha value is -2.90. The standard InChI is InChI=1S/C23H26F3NO4/c1-12-13(2)21-17(14(3)20(12)30-15(4)28)8-9-22(5,31-21)11-29-19-7-6-16(27)10-18(19)23(24,25)26/h6-7,10H,8-9,11,27H2,1-5H3. The van der Waals surface area contributed by atoms with E-state index < -0.39 is 23.3 Å². The van der Waals surface area contributed by atoms with Crippen molar-refractivity contribution in [3.8, 4) is 17.2 Å². The van der Waals surface area contributed by atoms with Gasteiger partial charge in [0.25, 0.3) is 0 Å². The largest absolute Gasteiger partial charge is 0.489 e. The number of esters is 1. The second kappa shape index (κ2) is 7.98. The maximum Gasteiger partial charge on any atom is 0.420 e. The third kappa shape index (κ3) is 4.57. The fourth-order valence-electron chi connectivity index (χ4n) is 3.81. The van der Waals surface area contributed by atoms with Crippen LogP contribution < -0.4 is 19.9 Å². The average Bonchev–Trinajstić information content (AvgIpc) is 2.67. The molecule has 1 unspecified atom stereocenters. The second-order valence-corrected chi connectivity index (χ2v) is 8.20. The molecule has 2 aromatic carbocycles. The van der Waals surface area contributed by atoms with Crippen LogP contribution in [0.4, 0.5) is 18.9 Å². The first-order valence-electron chi connectivity index (χ1n) is 9.92. The fourth-order valence-corrected chi connectivity index (χ4v) is 3.81. The van der Waals surface area contributed by atoms with Crippen LogP contribution in [0.2, 0.25) is 0 Å². The summed E-state index contributed by atoms with van der Waals surface area (Å²) in [5, 5.41) is 0. The quantitative estimate of drug-likeness (QED) is 0.399. The number of ether oxygens (including phenoxy) is 3. The molecule has 1 heterocycles. The van der Waals surface area contributed by atoms with Crippen LogP contribution in [0.15, 0.2) is 18.2 Å². The summed E-state index contributed by atoms with van der Waals surface area (Å²) in [6, 6.07) is 3.46. The SMILES string of the molecule is CC(=O)Oc1c(C)c(C)c2c(c1C)CCC(C)(COc1ccc(N)cc1C(F)(F)F)O2. The molecule has 1 aliphatic rings. The van der Waals surface area contributed by atoms with Crippen molar-refractivity contribution in [1.82, 2.24) is 0 Å². The van der Waals surface area contributed by atoms with Crippen LogP contribution in [0.5, 0.6) is 17.2 Å². The van der Waals surface area contributed by atoms with E-state index in [9.17, 15) is 18.0 Å². The Morgan fingerprint density at radius 3 is 2.48 bits per heavy atom. The summed E-state index contributed by atoms with van der Waals surface area (Å²) >= 11 is 0. The van der Waals surface area contributed by atoms with Crippen LogP contribution in [0.25, 0.3) is 0 Å². The van der Waals surface area contributed by atoms with E-state index in [1.165, 1.54) is 19.1 Å². The van der Waals surface area contributed by atoms with Crippen LogP contribution in [0, 0.1) is 20.8 Å². The molecule has 0 aliphatic carbocycles. The first-order chi connectivity index (χ1) is 14.3. The Bertz CT molecular complexity index is 1030. The van der Waals surface area contributed by atoms with Gasteiger partial charge in [-0.2, -0.15) is 13.2 Å². The Labute approximate surface area is 179 Å². The summed E-state index contributed by atoms with van der Waals surface area (Å²) in [4.78, 5) is 11.5. The number of carbonyl (C=O) groups excluding carboxylic acids is 1. The van der Waals surface area contributed by atoms with Gasteiger partial charge in [0.1, 0.15) is 29.5 Å². The molecule has 0 aromatic heterocycles. The lowest BCUT2D eigenvalue weighted by Crippen LogP contribution is -2.42. The Kier molecular flexibility index (Phi) is 5.86. The maximum atomic E-state index is 13.4. The van der Waals surface area contributed by atoms with Gasteiger partial charge in [-0.3, -0.25) is 4.79 Å². The number of nitrogens with two attached hydrogens (primary N) is 1. The summed E-state index contributed by atoms with van der Waals surface area (Å²) in [6.07, 6.45) is -3.44. The van der Waals surface area contributed by atoms with E-state index in [-0.39, 0.29) is 18.0 Å². The van der Waals surface area contributed by atoms with Crippen molar-refractivity contribution in [2.24, 2.45) is 0 Å². The molecule has 0 fully saturated rings. The molecular weight excluding hydrogens is 411 g/mol. The molecule has 2 aromatic rings. The summed E-state index contributed by atoms with van der Waals surface area (Å²) in [5.41, 5.74) is 7.16. The fraction of sp³-hybridized carbons (Fsp3) is 0.435. The number of rotatable bonds is 4. The van der Waals surface area contributed by atoms with Gasteiger partial charge in [0.2, 0.25) is 0 Å². The number of anilines is 1. The first-order valence-corrected chi connectivity index (χ1v) is 9.92. The van der Waals surface area contributed by atoms with Gasteiger partial charge in [0, 0.05) is 18.2 Å². The molecule has 8 heteroatoms. The predicted molar refractivity (Wildman–Crippen MR) is 111 cm³/mol. The third-order valence-corrected chi connectivity index (χ3v) is 5.65. The Balaban J connectivity index is 1.88. The van der Waals surface area contributed by atoms with E-state index in [0.29, 0.717) is 24.3 Å². The van der Waals surface area contributed by atoms with E-state index in [1.54, 1.807) is 0 Å². The lowest BCUT2D eigenvalue weighted by atomic mass is 9.87. The molecule has 0 amide bonds. The van der Waals surface area contributed by atoms with Crippen molar-refractivity contribution < 1.29 is 32.2 Å². The third-order valence-electron chi connectivity index (χ3n) is 5.65. The monoisotopic (exact) mass is 437 g/mol. The van der Waals surface area contributed by atoms with Crippen molar-refractivity contribution in [1.29, 1.82) is 0 Å².